The number of rotatable bonds is 8. The molecule has 5 nitrogen and oxygen atoms in total. The lowest BCUT2D eigenvalue weighted by Gasteiger charge is -2.19. The van der Waals surface area contributed by atoms with Gasteiger partial charge in [-0.2, -0.15) is 0 Å². The molecule has 1 aliphatic rings. The van der Waals surface area contributed by atoms with Crippen molar-refractivity contribution in [3.8, 4) is 11.5 Å². The Morgan fingerprint density at radius 3 is 2.45 bits per heavy atom. The number of hydrogen-bond donors (Lipinski definition) is 0. The molecule has 0 spiro atoms. The van der Waals surface area contributed by atoms with Crippen molar-refractivity contribution in [1.82, 2.24) is 4.90 Å². The van der Waals surface area contributed by atoms with Gasteiger partial charge in [0.15, 0.2) is 11.5 Å². The van der Waals surface area contributed by atoms with E-state index < -0.39 is 0 Å². The van der Waals surface area contributed by atoms with Crippen LogP contribution in [0.4, 0.5) is 4.79 Å². The summed E-state index contributed by atoms with van der Waals surface area (Å²) in [6.45, 7) is 6.37. The van der Waals surface area contributed by atoms with E-state index in [1.54, 1.807) is 30.3 Å². The second-order valence-electron chi connectivity index (χ2n) is 6.99. The number of nitrogens with zero attached hydrogens (tertiary/aromatic N) is 1. The largest absolute Gasteiger partial charge is 0.490 e. The smallest absolute Gasteiger partial charge is 0.293 e. The standard InChI is InChI=1S/C23H23Cl2NO4S/c1-4-14(3)26-22(27)20(31-23(26)28)12-16-10-18(25)21(19(11-16)29-5-2)30-13-15-6-8-17(24)9-7-15/h6-12,14H,4-5,13H2,1-3H3/b20-12+/t14-/m1/s1. The molecule has 2 aromatic carbocycles. The van der Waals surface area contributed by atoms with E-state index in [0.717, 1.165) is 17.3 Å². The maximum atomic E-state index is 12.7. The third-order valence-corrected chi connectivity index (χ3v) is 6.20. The van der Waals surface area contributed by atoms with Gasteiger partial charge in [0.1, 0.15) is 6.61 Å². The summed E-state index contributed by atoms with van der Waals surface area (Å²) >= 11 is 13.3. The predicted octanol–water partition coefficient (Wildman–Crippen LogP) is 6.81. The van der Waals surface area contributed by atoms with Gasteiger partial charge in [-0.25, -0.2) is 0 Å². The lowest BCUT2D eigenvalue weighted by Crippen LogP contribution is -2.36. The summed E-state index contributed by atoms with van der Waals surface area (Å²) in [6.07, 6.45) is 2.36. The molecule has 2 amide bonds. The molecule has 1 aliphatic heterocycles. The van der Waals surface area contributed by atoms with Gasteiger partial charge in [0.25, 0.3) is 11.1 Å². The molecule has 1 atom stereocenters. The lowest BCUT2D eigenvalue weighted by atomic mass is 10.1. The quantitative estimate of drug-likeness (QED) is 0.389. The number of halogens is 2. The second-order valence-corrected chi connectivity index (χ2v) is 8.82. The van der Waals surface area contributed by atoms with Crippen molar-refractivity contribution in [2.75, 3.05) is 6.61 Å². The van der Waals surface area contributed by atoms with Crippen molar-refractivity contribution >= 4 is 52.2 Å². The van der Waals surface area contributed by atoms with Crippen LogP contribution in [0.1, 0.15) is 38.3 Å². The topological polar surface area (TPSA) is 55.8 Å². The molecule has 1 heterocycles. The highest BCUT2D eigenvalue weighted by atomic mass is 35.5. The summed E-state index contributed by atoms with van der Waals surface area (Å²) < 4.78 is 11.6. The van der Waals surface area contributed by atoms with Gasteiger partial charge < -0.3 is 9.47 Å². The lowest BCUT2D eigenvalue weighted by molar-refractivity contribution is -0.124. The number of amides is 2. The van der Waals surface area contributed by atoms with Crippen LogP contribution in [-0.2, 0) is 11.4 Å². The molecule has 3 rings (SSSR count). The van der Waals surface area contributed by atoms with Crippen LogP contribution in [0, 0.1) is 0 Å². The van der Waals surface area contributed by atoms with Gasteiger partial charge in [0.2, 0.25) is 0 Å². The highest BCUT2D eigenvalue weighted by Crippen LogP contribution is 2.40. The van der Waals surface area contributed by atoms with Crippen molar-refractivity contribution in [3.05, 3.63) is 62.5 Å². The van der Waals surface area contributed by atoms with Crippen molar-refractivity contribution in [2.45, 2.75) is 39.8 Å². The molecule has 0 aliphatic carbocycles. The van der Waals surface area contributed by atoms with Crippen LogP contribution >= 0.6 is 35.0 Å². The van der Waals surface area contributed by atoms with E-state index in [9.17, 15) is 9.59 Å². The SMILES string of the molecule is CCOc1cc(/C=C2/SC(=O)N([C@H](C)CC)C2=O)cc(Cl)c1OCc1ccc(Cl)cc1. The Hall–Kier alpha value is -2.15. The van der Waals surface area contributed by atoms with Gasteiger partial charge in [-0.3, -0.25) is 14.5 Å². The molecular formula is C23H23Cl2NO4S. The van der Waals surface area contributed by atoms with E-state index in [0.29, 0.717) is 51.6 Å². The van der Waals surface area contributed by atoms with Crippen molar-refractivity contribution in [1.29, 1.82) is 0 Å². The molecule has 0 aromatic heterocycles. The van der Waals surface area contributed by atoms with Gasteiger partial charge in [-0.1, -0.05) is 42.3 Å². The Labute approximate surface area is 196 Å². The summed E-state index contributed by atoms with van der Waals surface area (Å²) in [4.78, 5) is 26.6. The molecule has 0 bridgehead atoms. The number of thioether (sulfide) groups is 1. The predicted molar refractivity (Wildman–Crippen MR) is 126 cm³/mol. The van der Waals surface area contributed by atoms with Gasteiger partial charge in [0, 0.05) is 11.1 Å². The highest BCUT2D eigenvalue weighted by Gasteiger charge is 2.37. The number of hydrogen-bond acceptors (Lipinski definition) is 5. The number of carbonyl (C=O) groups excluding carboxylic acids is 2. The minimum absolute atomic E-state index is 0.149. The Morgan fingerprint density at radius 1 is 1.10 bits per heavy atom. The van der Waals surface area contributed by atoms with Gasteiger partial charge in [-0.15, -0.1) is 0 Å². The van der Waals surface area contributed by atoms with Gasteiger partial charge in [0.05, 0.1) is 16.5 Å². The molecule has 1 saturated heterocycles. The van der Waals surface area contributed by atoms with Gasteiger partial charge >= 0.3 is 0 Å². The number of carbonyl (C=O) groups is 2. The molecule has 31 heavy (non-hydrogen) atoms. The van der Waals surface area contributed by atoms with Crippen LogP contribution in [0.3, 0.4) is 0 Å². The van der Waals surface area contributed by atoms with E-state index in [1.165, 1.54) is 4.90 Å². The van der Waals surface area contributed by atoms with Crippen LogP contribution in [0.2, 0.25) is 10.0 Å². The third-order valence-electron chi connectivity index (χ3n) is 4.78. The molecule has 0 saturated carbocycles. The minimum atomic E-state index is -0.290. The molecule has 2 aromatic rings. The second kappa shape index (κ2) is 10.4. The first-order valence-electron chi connectivity index (χ1n) is 9.94. The van der Waals surface area contributed by atoms with Crippen LogP contribution < -0.4 is 9.47 Å². The Kier molecular flexibility index (Phi) is 7.92. The Balaban J connectivity index is 1.86. The first-order chi connectivity index (χ1) is 14.8. The summed E-state index contributed by atoms with van der Waals surface area (Å²) in [5.74, 6) is 0.598. The zero-order valence-corrected chi connectivity index (χ0v) is 19.8. The summed E-state index contributed by atoms with van der Waals surface area (Å²) in [5, 5.41) is 0.746. The molecular weight excluding hydrogens is 457 g/mol. The molecule has 8 heteroatoms. The maximum absolute atomic E-state index is 12.7. The van der Waals surface area contributed by atoms with E-state index in [4.69, 9.17) is 32.7 Å². The van der Waals surface area contributed by atoms with Gasteiger partial charge in [-0.05, 0) is 73.5 Å². The van der Waals surface area contributed by atoms with Crippen LogP contribution in [0.5, 0.6) is 11.5 Å². The van der Waals surface area contributed by atoms with Crippen LogP contribution in [-0.4, -0.2) is 28.7 Å². The summed E-state index contributed by atoms with van der Waals surface area (Å²) in [7, 11) is 0. The van der Waals surface area contributed by atoms with E-state index in [2.05, 4.69) is 0 Å². The fourth-order valence-electron chi connectivity index (χ4n) is 3.00. The zero-order valence-electron chi connectivity index (χ0n) is 17.5. The molecule has 1 fully saturated rings. The number of benzene rings is 2. The number of imide groups is 1. The summed E-state index contributed by atoms with van der Waals surface area (Å²) in [5.41, 5.74) is 1.59. The molecule has 0 unspecified atom stereocenters. The minimum Gasteiger partial charge on any atom is -0.490 e. The Morgan fingerprint density at radius 2 is 1.81 bits per heavy atom. The van der Waals surface area contributed by atoms with Crippen LogP contribution in [0.15, 0.2) is 41.3 Å². The number of ether oxygens (including phenoxy) is 2. The Bertz CT molecular complexity index is 1010. The van der Waals surface area contributed by atoms with Crippen LogP contribution in [0.25, 0.3) is 6.08 Å². The average Bonchev–Trinajstić information content (AvgIpc) is 3.01. The monoisotopic (exact) mass is 479 g/mol. The first kappa shape index (κ1) is 23.5. The fourth-order valence-corrected chi connectivity index (χ4v) is 4.33. The summed E-state index contributed by atoms with van der Waals surface area (Å²) in [6, 6.07) is 10.6. The zero-order chi connectivity index (χ0) is 22.5. The first-order valence-corrected chi connectivity index (χ1v) is 11.5. The molecule has 0 N–H and O–H groups in total. The average molecular weight is 480 g/mol. The van der Waals surface area contributed by atoms with E-state index in [-0.39, 0.29) is 17.2 Å². The molecule has 0 radical (unpaired) electrons. The maximum Gasteiger partial charge on any atom is 0.293 e. The van der Waals surface area contributed by atoms with Crippen molar-refractivity contribution in [2.24, 2.45) is 0 Å². The van der Waals surface area contributed by atoms with E-state index >= 15 is 0 Å². The van der Waals surface area contributed by atoms with E-state index in [1.807, 2.05) is 32.9 Å². The third kappa shape index (κ3) is 5.56. The fraction of sp³-hybridized carbons (Fsp3) is 0.304. The highest BCUT2D eigenvalue weighted by molar-refractivity contribution is 8.18. The van der Waals surface area contributed by atoms with Crippen molar-refractivity contribution < 1.29 is 19.1 Å². The normalized spacial score (nSPS) is 16.2. The van der Waals surface area contributed by atoms with Crippen molar-refractivity contribution in [3.63, 3.8) is 0 Å². The molecule has 164 valence electrons.